The van der Waals surface area contributed by atoms with E-state index in [4.69, 9.17) is 34.8 Å². The Labute approximate surface area is 115 Å². The summed E-state index contributed by atoms with van der Waals surface area (Å²) in [5.74, 6) is 0. The molecule has 0 aliphatic carbocycles. The Morgan fingerprint density at radius 3 is 2.18 bits per heavy atom. The van der Waals surface area contributed by atoms with Crippen molar-refractivity contribution in [2.24, 2.45) is 0 Å². The predicted molar refractivity (Wildman–Crippen MR) is 75.2 cm³/mol. The van der Waals surface area contributed by atoms with Crippen molar-refractivity contribution in [1.82, 2.24) is 0 Å². The van der Waals surface area contributed by atoms with Crippen molar-refractivity contribution in [3.63, 3.8) is 0 Å². The van der Waals surface area contributed by atoms with Crippen LogP contribution in [0.3, 0.4) is 0 Å². The molecule has 0 spiro atoms. The summed E-state index contributed by atoms with van der Waals surface area (Å²) in [4.78, 5) is 0. The summed E-state index contributed by atoms with van der Waals surface area (Å²) in [5, 5.41) is 5.19. The molecule has 1 N–H and O–H groups in total. The van der Waals surface area contributed by atoms with Gasteiger partial charge in [0.1, 0.15) is 0 Å². The summed E-state index contributed by atoms with van der Waals surface area (Å²) in [6, 6.07) is 13.0. The highest BCUT2D eigenvalue weighted by atomic mass is 35.5. The monoisotopic (exact) mass is 285 g/mol. The molecule has 0 fully saturated rings. The van der Waals surface area contributed by atoms with Crippen molar-refractivity contribution in [3.05, 3.63) is 63.1 Å². The second-order valence-corrected chi connectivity index (χ2v) is 4.88. The zero-order chi connectivity index (χ0) is 12.3. The minimum atomic E-state index is 0.610. The van der Waals surface area contributed by atoms with E-state index in [1.54, 1.807) is 6.07 Å². The molecule has 88 valence electrons. The largest absolute Gasteiger partial charge is 0.381 e. The molecule has 2 rings (SSSR count). The Kier molecular flexibility index (Phi) is 4.16. The molecule has 0 aromatic heterocycles. The van der Waals surface area contributed by atoms with Crippen LogP contribution in [0.25, 0.3) is 0 Å². The summed E-state index contributed by atoms with van der Waals surface area (Å²) in [5.41, 5.74) is 1.91. The van der Waals surface area contributed by atoms with Gasteiger partial charge in [0.05, 0.1) is 0 Å². The molecule has 2 aromatic rings. The maximum atomic E-state index is 6.06. The van der Waals surface area contributed by atoms with Crippen molar-refractivity contribution >= 4 is 40.5 Å². The molecule has 0 aliphatic rings. The summed E-state index contributed by atoms with van der Waals surface area (Å²) in [7, 11) is 0. The summed E-state index contributed by atoms with van der Waals surface area (Å²) in [6.45, 7) is 0.635. The van der Waals surface area contributed by atoms with Gasteiger partial charge in [-0.15, -0.1) is 0 Å². The van der Waals surface area contributed by atoms with E-state index in [0.29, 0.717) is 16.6 Å². The van der Waals surface area contributed by atoms with E-state index < -0.39 is 0 Å². The topological polar surface area (TPSA) is 12.0 Å². The van der Waals surface area contributed by atoms with Crippen LogP contribution in [0, 0.1) is 0 Å². The van der Waals surface area contributed by atoms with Crippen LogP contribution in [0.4, 0.5) is 5.69 Å². The quantitative estimate of drug-likeness (QED) is 0.811. The first-order valence-corrected chi connectivity index (χ1v) is 6.22. The number of benzene rings is 2. The maximum absolute atomic E-state index is 6.06. The van der Waals surface area contributed by atoms with Crippen molar-refractivity contribution in [2.75, 3.05) is 5.32 Å². The fraction of sp³-hybridized carbons (Fsp3) is 0.0769. The standard InChI is InChI=1S/C13H10Cl3N/c14-10-5-11(15)7-12(6-10)17-8-9-3-1-2-4-13(9)16/h1-7,17H,8H2. The lowest BCUT2D eigenvalue weighted by molar-refractivity contribution is 1.15. The van der Waals surface area contributed by atoms with Crippen LogP contribution in [0.5, 0.6) is 0 Å². The van der Waals surface area contributed by atoms with Crippen LogP contribution >= 0.6 is 34.8 Å². The summed E-state index contributed by atoms with van der Waals surface area (Å²) in [6.07, 6.45) is 0. The molecule has 2 aromatic carbocycles. The molecule has 0 unspecified atom stereocenters. The minimum Gasteiger partial charge on any atom is -0.381 e. The molecule has 0 amide bonds. The predicted octanol–water partition coefficient (Wildman–Crippen LogP) is 5.26. The van der Waals surface area contributed by atoms with Crippen molar-refractivity contribution in [1.29, 1.82) is 0 Å². The van der Waals surface area contributed by atoms with Gasteiger partial charge in [-0.25, -0.2) is 0 Å². The normalized spacial score (nSPS) is 10.3. The molecule has 0 saturated heterocycles. The Bertz CT molecular complexity index is 506. The van der Waals surface area contributed by atoms with Gasteiger partial charge in [0.2, 0.25) is 0 Å². The highest BCUT2D eigenvalue weighted by Crippen LogP contribution is 2.23. The molecule has 0 atom stereocenters. The van der Waals surface area contributed by atoms with E-state index in [9.17, 15) is 0 Å². The number of halogens is 3. The van der Waals surface area contributed by atoms with Gasteiger partial charge in [0.15, 0.2) is 0 Å². The first-order chi connectivity index (χ1) is 8.15. The second kappa shape index (κ2) is 5.63. The first-order valence-electron chi connectivity index (χ1n) is 5.08. The first kappa shape index (κ1) is 12.6. The zero-order valence-electron chi connectivity index (χ0n) is 8.88. The average Bonchev–Trinajstić information content (AvgIpc) is 2.27. The number of nitrogens with one attached hydrogen (secondary N) is 1. The van der Waals surface area contributed by atoms with Crippen LogP contribution in [0.2, 0.25) is 15.1 Å². The zero-order valence-corrected chi connectivity index (χ0v) is 11.2. The molecule has 1 nitrogen and oxygen atoms in total. The highest BCUT2D eigenvalue weighted by molar-refractivity contribution is 6.35. The van der Waals surface area contributed by atoms with E-state index in [-0.39, 0.29) is 0 Å². The molecular formula is C13H10Cl3N. The van der Waals surface area contributed by atoms with Crippen molar-refractivity contribution in [2.45, 2.75) is 6.54 Å². The smallest absolute Gasteiger partial charge is 0.0455 e. The minimum absolute atomic E-state index is 0.610. The van der Waals surface area contributed by atoms with Gasteiger partial charge in [-0.3, -0.25) is 0 Å². The molecular weight excluding hydrogens is 277 g/mol. The molecule has 4 heteroatoms. The van der Waals surface area contributed by atoms with Gasteiger partial charge in [-0.05, 0) is 29.8 Å². The van der Waals surface area contributed by atoms with Crippen LogP contribution in [-0.2, 0) is 6.54 Å². The number of hydrogen-bond donors (Lipinski definition) is 1. The van der Waals surface area contributed by atoms with Gasteiger partial charge in [0.25, 0.3) is 0 Å². The Hall–Kier alpha value is -0.890. The summed E-state index contributed by atoms with van der Waals surface area (Å²) >= 11 is 17.9. The van der Waals surface area contributed by atoms with E-state index >= 15 is 0 Å². The number of rotatable bonds is 3. The fourth-order valence-electron chi connectivity index (χ4n) is 1.49. The van der Waals surface area contributed by atoms with Gasteiger partial charge in [-0.1, -0.05) is 53.0 Å². The van der Waals surface area contributed by atoms with E-state index in [0.717, 1.165) is 16.3 Å². The van der Waals surface area contributed by atoms with E-state index in [1.807, 2.05) is 36.4 Å². The van der Waals surface area contributed by atoms with Gasteiger partial charge < -0.3 is 5.32 Å². The average molecular weight is 287 g/mol. The Morgan fingerprint density at radius 2 is 1.53 bits per heavy atom. The molecule has 0 aliphatic heterocycles. The lowest BCUT2D eigenvalue weighted by atomic mass is 10.2. The van der Waals surface area contributed by atoms with Gasteiger partial charge >= 0.3 is 0 Å². The number of hydrogen-bond acceptors (Lipinski definition) is 1. The van der Waals surface area contributed by atoms with Crippen LogP contribution in [0.15, 0.2) is 42.5 Å². The van der Waals surface area contributed by atoms with Crippen molar-refractivity contribution in [3.8, 4) is 0 Å². The third kappa shape index (κ3) is 3.53. The highest BCUT2D eigenvalue weighted by Gasteiger charge is 2.00. The van der Waals surface area contributed by atoms with Crippen LogP contribution in [-0.4, -0.2) is 0 Å². The Balaban J connectivity index is 2.10. The summed E-state index contributed by atoms with van der Waals surface area (Å²) < 4.78 is 0. The third-order valence-electron chi connectivity index (χ3n) is 2.30. The molecule has 0 heterocycles. The molecule has 0 radical (unpaired) electrons. The SMILES string of the molecule is Clc1cc(Cl)cc(NCc2ccccc2Cl)c1. The van der Waals surface area contributed by atoms with E-state index in [1.165, 1.54) is 0 Å². The number of anilines is 1. The van der Waals surface area contributed by atoms with Gasteiger partial charge in [0, 0.05) is 27.3 Å². The van der Waals surface area contributed by atoms with E-state index in [2.05, 4.69) is 5.32 Å². The van der Waals surface area contributed by atoms with Gasteiger partial charge in [-0.2, -0.15) is 0 Å². The Morgan fingerprint density at radius 1 is 0.882 bits per heavy atom. The lowest BCUT2D eigenvalue weighted by Crippen LogP contribution is -1.99. The fourth-order valence-corrected chi connectivity index (χ4v) is 2.22. The van der Waals surface area contributed by atoms with Crippen molar-refractivity contribution < 1.29 is 0 Å². The van der Waals surface area contributed by atoms with Crippen LogP contribution < -0.4 is 5.32 Å². The lowest BCUT2D eigenvalue weighted by Gasteiger charge is -2.08. The second-order valence-electron chi connectivity index (χ2n) is 3.60. The molecule has 17 heavy (non-hydrogen) atoms. The molecule has 0 saturated carbocycles. The maximum Gasteiger partial charge on any atom is 0.0455 e. The third-order valence-corrected chi connectivity index (χ3v) is 3.11. The molecule has 0 bridgehead atoms. The van der Waals surface area contributed by atoms with Crippen LogP contribution in [0.1, 0.15) is 5.56 Å².